The number of thioether (sulfide) groups is 1. The lowest BCUT2D eigenvalue weighted by Crippen LogP contribution is -2.38. The van der Waals surface area contributed by atoms with Gasteiger partial charge in [0.2, 0.25) is 0 Å². The van der Waals surface area contributed by atoms with Crippen LogP contribution in [0.2, 0.25) is 0 Å². The minimum atomic E-state index is 0.565. The molecule has 0 spiro atoms. The predicted molar refractivity (Wildman–Crippen MR) is 103 cm³/mol. The largest absolute Gasteiger partial charge is 0.356 e. The van der Waals surface area contributed by atoms with Gasteiger partial charge in [-0.15, -0.1) is 22.0 Å². The summed E-state index contributed by atoms with van der Waals surface area (Å²) < 4.78 is 1.97. The van der Waals surface area contributed by atoms with E-state index in [1.165, 1.54) is 10.5 Å². The number of guanidine groups is 1. The maximum Gasteiger partial charge on any atom is 0.191 e. The van der Waals surface area contributed by atoms with Crippen molar-refractivity contribution < 1.29 is 0 Å². The number of hydrogen-bond acceptors (Lipinski definition) is 4. The number of hydrogen-bond donors (Lipinski definition) is 2. The van der Waals surface area contributed by atoms with Crippen molar-refractivity contribution in [2.75, 3.05) is 19.3 Å². The fraction of sp³-hybridized carbons (Fsp3) is 0.278. The van der Waals surface area contributed by atoms with E-state index in [9.17, 15) is 0 Å². The molecule has 2 heterocycles. The molecule has 3 rings (SSSR count). The molecule has 0 aliphatic carbocycles. The van der Waals surface area contributed by atoms with Gasteiger partial charge < -0.3 is 10.6 Å². The Balaban J connectivity index is 1.44. The second-order valence-corrected chi connectivity index (χ2v) is 6.73. The molecule has 0 radical (unpaired) electrons. The third-order valence-corrected chi connectivity index (χ3v) is 4.72. The average Bonchev–Trinajstić information content (AvgIpc) is 3.06. The molecule has 130 valence electrons. The summed E-state index contributed by atoms with van der Waals surface area (Å²) in [7, 11) is 1.77. The number of aliphatic imine (C=N–C) groups is 1. The van der Waals surface area contributed by atoms with E-state index >= 15 is 0 Å². The third-order valence-electron chi connectivity index (χ3n) is 3.71. The zero-order valence-electron chi connectivity index (χ0n) is 14.4. The minimum absolute atomic E-state index is 0.565. The minimum Gasteiger partial charge on any atom is -0.356 e. The molecule has 0 amide bonds. The number of nitrogens with zero attached hydrogens (tertiary/aromatic N) is 4. The van der Waals surface area contributed by atoms with Crippen molar-refractivity contribution in [2.24, 2.45) is 4.99 Å². The second-order valence-electron chi connectivity index (χ2n) is 5.56. The first-order valence-corrected chi connectivity index (χ1v) is 9.17. The fourth-order valence-electron chi connectivity index (χ4n) is 2.37. The molecule has 1 aromatic carbocycles. The number of benzene rings is 1. The average molecular weight is 354 g/mol. The molecule has 0 fully saturated rings. The van der Waals surface area contributed by atoms with E-state index in [1.807, 2.05) is 40.6 Å². The number of pyridine rings is 1. The third kappa shape index (κ3) is 4.73. The molecule has 0 saturated carbocycles. The standard InChI is InChI=1S/C18H22N6S/c1-14-6-8-15(9-7-14)25-12-10-20-18(19-2)21-13-17-23-22-16-5-3-4-11-24(16)17/h3-9,11H,10,12-13H2,1-2H3,(H2,19,20,21). The summed E-state index contributed by atoms with van der Waals surface area (Å²) in [5, 5.41) is 15.0. The van der Waals surface area contributed by atoms with Crippen LogP contribution in [0.4, 0.5) is 0 Å². The van der Waals surface area contributed by atoms with Crippen LogP contribution in [0, 0.1) is 6.92 Å². The molecule has 2 aromatic heterocycles. The highest BCUT2D eigenvalue weighted by molar-refractivity contribution is 7.99. The van der Waals surface area contributed by atoms with Crippen LogP contribution in [0.25, 0.3) is 5.65 Å². The molecule has 0 aliphatic rings. The molecule has 25 heavy (non-hydrogen) atoms. The topological polar surface area (TPSA) is 66.6 Å². The Hall–Kier alpha value is -2.54. The van der Waals surface area contributed by atoms with Gasteiger partial charge in [-0.2, -0.15) is 0 Å². The normalized spacial score (nSPS) is 11.7. The Bertz CT molecular complexity index is 840. The van der Waals surface area contributed by atoms with Gasteiger partial charge >= 0.3 is 0 Å². The first-order valence-electron chi connectivity index (χ1n) is 8.19. The van der Waals surface area contributed by atoms with E-state index in [0.717, 1.165) is 29.7 Å². The van der Waals surface area contributed by atoms with E-state index in [0.29, 0.717) is 6.54 Å². The van der Waals surface area contributed by atoms with Crippen molar-refractivity contribution in [3.8, 4) is 0 Å². The van der Waals surface area contributed by atoms with Crippen LogP contribution in [0.1, 0.15) is 11.4 Å². The van der Waals surface area contributed by atoms with Gasteiger partial charge in [-0.1, -0.05) is 23.8 Å². The lowest BCUT2D eigenvalue weighted by atomic mass is 10.2. The molecule has 3 aromatic rings. The number of aromatic nitrogens is 3. The van der Waals surface area contributed by atoms with Crippen molar-refractivity contribution in [1.82, 2.24) is 25.2 Å². The maximum atomic E-state index is 4.25. The highest BCUT2D eigenvalue weighted by Crippen LogP contribution is 2.17. The first-order chi connectivity index (χ1) is 12.3. The Morgan fingerprint density at radius 2 is 1.96 bits per heavy atom. The molecule has 0 bridgehead atoms. The summed E-state index contributed by atoms with van der Waals surface area (Å²) in [6, 6.07) is 14.4. The van der Waals surface area contributed by atoms with Crippen LogP contribution < -0.4 is 10.6 Å². The van der Waals surface area contributed by atoms with Crippen LogP contribution in [0.15, 0.2) is 58.5 Å². The van der Waals surface area contributed by atoms with Crippen LogP contribution in [0.5, 0.6) is 0 Å². The number of fused-ring (bicyclic) bond motifs is 1. The van der Waals surface area contributed by atoms with Gasteiger partial charge in [0.25, 0.3) is 0 Å². The van der Waals surface area contributed by atoms with Gasteiger partial charge in [-0.3, -0.25) is 9.39 Å². The lowest BCUT2D eigenvalue weighted by molar-refractivity contribution is 0.773. The second kappa shape index (κ2) is 8.53. The van der Waals surface area contributed by atoms with Crippen molar-refractivity contribution in [3.05, 3.63) is 60.0 Å². The van der Waals surface area contributed by atoms with Crippen molar-refractivity contribution in [2.45, 2.75) is 18.4 Å². The molecule has 7 heteroatoms. The molecular formula is C18H22N6S. The van der Waals surface area contributed by atoms with E-state index < -0.39 is 0 Å². The molecule has 0 atom stereocenters. The van der Waals surface area contributed by atoms with Crippen LogP contribution >= 0.6 is 11.8 Å². The van der Waals surface area contributed by atoms with Gasteiger partial charge in [0.1, 0.15) is 0 Å². The Morgan fingerprint density at radius 1 is 1.12 bits per heavy atom. The molecule has 0 aliphatic heterocycles. The summed E-state index contributed by atoms with van der Waals surface area (Å²) in [6.07, 6.45) is 1.96. The van der Waals surface area contributed by atoms with Crippen LogP contribution in [0.3, 0.4) is 0 Å². The van der Waals surface area contributed by atoms with Gasteiger partial charge in [0.15, 0.2) is 17.4 Å². The maximum absolute atomic E-state index is 4.25. The summed E-state index contributed by atoms with van der Waals surface area (Å²) in [5.41, 5.74) is 2.13. The van der Waals surface area contributed by atoms with E-state index in [2.05, 4.69) is 57.0 Å². The summed E-state index contributed by atoms with van der Waals surface area (Å²) in [4.78, 5) is 5.53. The Kier molecular flexibility index (Phi) is 5.90. The van der Waals surface area contributed by atoms with Crippen LogP contribution in [-0.4, -0.2) is 39.9 Å². The lowest BCUT2D eigenvalue weighted by Gasteiger charge is -2.11. The van der Waals surface area contributed by atoms with Gasteiger partial charge in [-0.25, -0.2) is 0 Å². The Morgan fingerprint density at radius 3 is 2.76 bits per heavy atom. The highest BCUT2D eigenvalue weighted by Gasteiger charge is 2.05. The van der Waals surface area contributed by atoms with E-state index in [1.54, 1.807) is 7.05 Å². The Labute approximate surface area is 151 Å². The number of rotatable bonds is 6. The van der Waals surface area contributed by atoms with Crippen LogP contribution in [-0.2, 0) is 6.54 Å². The van der Waals surface area contributed by atoms with Gasteiger partial charge in [0, 0.05) is 30.4 Å². The monoisotopic (exact) mass is 354 g/mol. The van der Waals surface area contributed by atoms with Gasteiger partial charge in [0.05, 0.1) is 6.54 Å². The summed E-state index contributed by atoms with van der Waals surface area (Å²) in [6.45, 7) is 3.50. The van der Waals surface area contributed by atoms with Crippen molar-refractivity contribution >= 4 is 23.4 Å². The highest BCUT2D eigenvalue weighted by atomic mass is 32.2. The summed E-state index contributed by atoms with van der Waals surface area (Å²) >= 11 is 1.83. The van der Waals surface area contributed by atoms with Gasteiger partial charge in [-0.05, 0) is 31.2 Å². The first kappa shape index (κ1) is 17.3. The fourth-order valence-corrected chi connectivity index (χ4v) is 3.14. The van der Waals surface area contributed by atoms with E-state index in [-0.39, 0.29) is 0 Å². The van der Waals surface area contributed by atoms with Crippen molar-refractivity contribution in [1.29, 1.82) is 0 Å². The molecular weight excluding hydrogens is 332 g/mol. The van der Waals surface area contributed by atoms with E-state index in [4.69, 9.17) is 0 Å². The summed E-state index contributed by atoms with van der Waals surface area (Å²) in [5.74, 6) is 2.59. The molecule has 0 unspecified atom stereocenters. The predicted octanol–water partition coefficient (Wildman–Crippen LogP) is 2.50. The quantitative estimate of drug-likeness (QED) is 0.308. The van der Waals surface area contributed by atoms with Crippen molar-refractivity contribution in [3.63, 3.8) is 0 Å². The zero-order chi connectivity index (χ0) is 17.5. The number of aryl methyl sites for hydroxylation is 1. The zero-order valence-corrected chi connectivity index (χ0v) is 15.3. The molecule has 6 nitrogen and oxygen atoms in total. The number of nitrogens with one attached hydrogen (secondary N) is 2. The molecule has 0 saturated heterocycles. The molecule has 2 N–H and O–H groups in total. The smallest absolute Gasteiger partial charge is 0.191 e. The SMILES string of the molecule is CN=C(NCCSc1ccc(C)cc1)NCc1nnc2ccccn12.